The Kier molecular flexibility index (Phi) is 3.16. The van der Waals surface area contributed by atoms with Crippen LogP contribution in [0, 0.1) is 30.9 Å². The van der Waals surface area contributed by atoms with Gasteiger partial charge >= 0.3 is 0 Å². The number of rotatable bonds is 2. The number of nitrogens with zero attached hydrogens (tertiary/aromatic N) is 2. The van der Waals surface area contributed by atoms with Gasteiger partial charge in [-0.15, -0.1) is 0 Å². The number of nitro groups is 1. The van der Waals surface area contributed by atoms with Crippen molar-refractivity contribution in [2.45, 2.75) is 20.8 Å². The van der Waals surface area contributed by atoms with Gasteiger partial charge in [0, 0.05) is 29.0 Å². The fraction of sp³-hybridized carbons (Fsp3) is 0.231. The summed E-state index contributed by atoms with van der Waals surface area (Å²) in [7, 11) is 0. The second kappa shape index (κ2) is 4.64. The van der Waals surface area contributed by atoms with Crippen molar-refractivity contribution in [1.82, 2.24) is 9.97 Å². The molecule has 1 heterocycles. The molecule has 0 saturated heterocycles. The first-order valence-corrected chi connectivity index (χ1v) is 5.73. The second-order valence-electron chi connectivity index (χ2n) is 4.38. The molecule has 1 aromatic carbocycles. The molecule has 6 heteroatoms. The number of benzene rings is 1. The van der Waals surface area contributed by atoms with Crippen molar-refractivity contribution in [2.75, 3.05) is 0 Å². The van der Waals surface area contributed by atoms with E-state index in [-0.39, 0.29) is 11.2 Å². The number of H-pyrrole nitrogens is 1. The molecule has 0 unspecified atom stereocenters. The van der Waals surface area contributed by atoms with E-state index in [2.05, 4.69) is 9.97 Å². The quantitative estimate of drug-likeness (QED) is 0.661. The highest BCUT2D eigenvalue weighted by Gasteiger charge is 2.13. The van der Waals surface area contributed by atoms with Crippen molar-refractivity contribution in [2.24, 2.45) is 0 Å². The second-order valence-corrected chi connectivity index (χ2v) is 4.38. The molecule has 0 amide bonds. The molecule has 0 atom stereocenters. The number of aromatic nitrogens is 2. The Labute approximate surface area is 109 Å². The summed E-state index contributed by atoms with van der Waals surface area (Å²) in [4.78, 5) is 29.0. The highest BCUT2D eigenvalue weighted by Crippen LogP contribution is 2.24. The van der Waals surface area contributed by atoms with Crippen LogP contribution in [0.25, 0.3) is 11.4 Å². The molecule has 0 radical (unpaired) electrons. The van der Waals surface area contributed by atoms with E-state index in [1.807, 2.05) is 6.92 Å². The molecule has 1 aromatic heterocycles. The molecule has 0 bridgehead atoms. The van der Waals surface area contributed by atoms with Crippen LogP contribution in [0.4, 0.5) is 5.69 Å². The Morgan fingerprint density at radius 2 is 1.95 bits per heavy atom. The summed E-state index contributed by atoms with van der Waals surface area (Å²) >= 11 is 0. The van der Waals surface area contributed by atoms with Crippen LogP contribution < -0.4 is 5.56 Å². The molecule has 1 N–H and O–H groups in total. The van der Waals surface area contributed by atoms with Gasteiger partial charge in [0.1, 0.15) is 5.82 Å². The van der Waals surface area contributed by atoms with Gasteiger partial charge in [0.25, 0.3) is 11.2 Å². The third-order valence-electron chi connectivity index (χ3n) is 3.08. The predicted molar refractivity (Wildman–Crippen MR) is 71.2 cm³/mol. The largest absolute Gasteiger partial charge is 0.306 e. The molecule has 19 heavy (non-hydrogen) atoms. The minimum Gasteiger partial charge on any atom is -0.306 e. The maximum Gasteiger partial charge on any atom is 0.270 e. The first-order valence-electron chi connectivity index (χ1n) is 5.73. The van der Waals surface area contributed by atoms with E-state index >= 15 is 0 Å². The van der Waals surface area contributed by atoms with Gasteiger partial charge in [-0.2, -0.15) is 0 Å². The lowest BCUT2D eigenvalue weighted by atomic mass is 10.1. The number of nitrogens with one attached hydrogen (secondary N) is 1. The summed E-state index contributed by atoms with van der Waals surface area (Å²) in [6.07, 6.45) is 0. The van der Waals surface area contributed by atoms with E-state index in [0.717, 1.165) is 5.56 Å². The maximum absolute atomic E-state index is 11.7. The molecule has 0 aliphatic rings. The molecule has 0 saturated carbocycles. The lowest BCUT2D eigenvalue weighted by Gasteiger charge is -2.07. The van der Waals surface area contributed by atoms with Crippen molar-refractivity contribution in [3.63, 3.8) is 0 Å². The van der Waals surface area contributed by atoms with Crippen LogP contribution in [0.15, 0.2) is 23.0 Å². The molecule has 98 valence electrons. The number of hydrogen-bond donors (Lipinski definition) is 1. The van der Waals surface area contributed by atoms with Crippen LogP contribution in [0.1, 0.15) is 16.8 Å². The Morgan fingerprint density at radius 1 is 1.26 bits per heavy atom. The molecule has 0 spiro atoms. The lowest BCUT2D eigenvalue weighted by molar-refractivity contribution is -0.384. The minimum atomic E-state index is -0.470. The normalized spacial score (nSPS) is 10.5. The first kappa shape index (κ1) is 12.9. The maximum atomic E-state index is 11.7. The molecule has 6 nitrogen and oxygen atoms in total. The van der Waals surface area contributed by atoms with Crippen molar-refractivity contribution < 1.29 is 4.92 Å². The van der Waals surface area contributed by atoms with Gasteiger partial charge in [0.05, 0.1) is 4.92 Å². The van der Waals surface area contributed by atoms with Gasteiger partial charge < -0.3 is 4.98 Å². The molecule has 2 aromatic rings. The van der Waals surface area contributed by atoms with Crippen LogP contribution in [-0.2, 0) is 0 Å². The summed E-state index contributed by atoms with van der Waals surface area (Å²) in [6, 6.07) is 4.49. The van der Waals surface area contributed by atoms with Crippen molar-refractivity contribution >= 4 is 5.69 Å². The van der Waals surface area contributed by atoms with E-state index in [0.29, 0.717) is 22.6 Å². The molecule has 0 aliphatic heterocycles. The fourth-order valence-electron chi connectivity index (χ4n) is 1.75. The zero-order valence-corrected chi connectivity index (χ0v) is 10.9. The molecule has 0 aliphatic carbocycles. The minimum absolute atomic E-state index is 0.0264. The van der Waals surface area contributed by atoms with Crippen molar-refractivity contribution in [3.8, 4) is 11.4 Å². The summed E-state index contributed by atoms with van der Waals surface area (Å²) in [5.74, 6) is 0.356. The van der Waals surface area contributed by atoms with Crippen molar-refractivity contribution in [3.05, 3.63) is 55.5 Å². The van der Waals surface area contributed by atoms with Gasteiger partial charge in [-0.1, -0.05) is 6.07 Å². The van der Waals surface area contributed by atoms with Gasteiger partial charge in [0.15, 0.2) is 0 Å². The number of aryl methyl sites for hydroxylation is 2. The smallest absolute Gasteiger partial charge is 0.270 e. The molecular weight excluding hydrogens is 246 g/mol. The van der Waals surface area contributed by atoms with Crippen molar-refractivity contribution in [1.29, 1.82) is 0 Å². The topological polar surface area (TPSA) is 88.9 Å². The average molecular weight is 259 g/mol. The standard InChI is InChI=1S/C13H13N3O3/c1-7-4-5-10(16(18)19)6-11(7)12-14-9(3)8(2)13(17)15-12/h4-6H,1-3H3,(H,14,15,17). The molecular formula is C13H13N3O3. The van der Waals surface area contributed by atoms with E-state index in [1.165, 1.54) is 12.1 Å². The van der Waals surface area contributed by atoms with Gasteiger partial charge in [-0.25, -0.2) is 4.98 Å². The number of nitro benzene ring substituents is 1. The highest BCUT2D eigenvalue weighted by molar-refractivity contribution is 5.63. The van der Waals surface area contributed by atoms with Crippen LogP contribution in [0.2, 0.25) is 0 Å². The first-order chi connectivity index (χ1) is 8.90. The number of hydrogen-bond acceptors (Lipinski definition) is 4. The Hall–Kier alpha value is -2.50. The van der Waals surface area contributed by atoms with E-state index in [4.69, 9.17) is 0 Å². The summed E-state index contributed by atoms with van der Waals surface area (Å²) in [5, 5.41) is 10.8. The van der Waals surface area contributed by atoms with Crippen LogP contribution >= 0.6 is 0 Å². The van der Waals surface area contributed by atoms with Gasteiger partial charge in [0.2, 0.25) is 0 Å². The Bertz CT molecular complexity index is 720. The van der Waals surface area contributed by atoms with Crippen LogP contribution in [0.5, 0.6) is 0 Å². The Morgan fingerprint density at radius 3 is 2.53 bits per heavy atom. The zero-order chi connectivity index (χ0) is 14.2. The van der Waals surface area contributed by atoms with E-state index in [9.17, 15) is 14.9 Å². The van der Waals surface area contributed by atoms with Gasteiger partial charge in [-0.05, 0) is 26.3 Å². The highest BCUT2D eigenvalue weighted by atomic mass is 16.6. The lowest BCUT2D eigenvalue weighted by Crippen LogP contribution is -2.14. The zero-order valence-electron chi connectivity index (χ0n) is 10.9. The van der Waals surface area contributed by atoms with E-state index < -0.39 is 4.92 Å². The average Bonchev–Trinajstić information content (AvgIpc) is 2.35. The number of aromatic amines is 1. The third kappa shape index (κ3) is 2.37. The summed E-state index contributed by atoms with van der Waals surface area (Å²) < 4.78 is 0. The SMILES string of the molecule is Cc1ccc([N+](=O)[O-])cc1-c1nc(C)c(C)c(=O)[nH]1. The summed E-state index contributed by atoms with van der Waals surface area (Å²) in [6.45, 7) is 5.24. The summed E-state index contributed by atoms with van der Waals surface area (Å²) in [5.41, 5.74) is 2.29. The van der Waals surface area contributed by atoms with Crippen LogP contribution in [0.3, 0.4) is 0 Å². The van der Waals surface area contributed by atoms with Crippen LogP contribution in [-0.4, -0.2) is 14.9 Å². The van der Waals surface area contributed by atoms with Gasteiger partial charge in [-0.3, -0.25) is 14.9 Å². The fourth-order valence-corrected chi connectivity index (χ4v) is 1.75. The van der Waals surface area contributed by atoms with E-state index in [1.54, 1.807) is 19.9 Å². The third-order valence-corrected chi connectivity index (χ3v) is 3.08. The Balaban J connectivity index is 2.68. The predicted octanol–water partition coefficient (Wildman–Crippen LogP) is 2.27. The molecule has 2 rings (SSSR count). The molecule has 0 fully saturated rings. The monoisotopic (exact) mass is 259 g/mol. The number of non-ortho nitro benzene ring substituents is 1.